The predicted molar refractivity (Wildman–Crippen MR) is 92.2 cm³/mol. The highest BCUT2D eigenvalue weighted by molar-refractivity contribution is 5.62. The molecule has 0 aliphatic rings. The van der Waals surface area contributed by atoms with Crippen LogP contribution in [0.5, 0.6) is 5.75 Å². The third kappa shape index (κ3) is 6.25. The van der Waals surface area contributed by atoms with Crippen LogP contribution >= 0.6 is 0 Å². The molecular formula is C17H31N3O. The zero-order chi connectivity index (χ0) is 15.8. The molecule has 1 aromatic carbocycles. The lowest BCUT2D eigenvalue weighted by atomic mass is 10.1. The summed E-state index contributed by atoms with van der Waals surface area (Å²) in [5.41, 5.74) is 7.90. The Labute approximate surface area is 129 Å². The van der Waals surface area contributed by atoms with Gasteiger partial charge in [0.2, 0.25) is 0 Å². The highest BCUT2D eigenvalue weighted by Gasteiger charge is 2.11. The van der Waals surface area contributed by atoms with Crippen LogP contribution in [0.1, 0.15) is 27.2 Å². The van der Waals surface area contributed by atoms with Gasteiger partial charge < -0.3 is 20.3 Å². The summed E-state index contributed by atoms with van der Waals surface area (Å²) >= 11 is 0. The maximum absolute atomic E-state index is 6.00. The second-order valence-corrected chi connectivity index (χ2v) is 6.21. The van der Waals surface area contributed by atoms with Crippen LogP contribution in [0.25, 0.3) is 0 Å². The van der Waals surface area contributed by atoms with Crippen LogP contribution in [0, 0.1) is 5.92 Å². The van der Waals surface area contributed by atoms with E-state index in [9.17, 15) is 0 Å². The number of nitrogen functional groups attached to an aromatic ring is 1. The Morgan fingerprint density at radius 3 is 2.48 bits per heavy atom. The molecule has 0 bridgehead atoms. The summed E-state index contributed by atoms with van der Waals surface area (Å²) in [4.78, 5) is 4.61. The summed E-state index contributed by atoms with van der Waals surface area (Å²) in [5, 5.41) is 0. The van der Waals surface area contributed by atoms with Crippen LogP contribution in [0.2, 0.25) is 0 Å². The summed E-state index contributed by atoms with van der Waals surface area (Å²) in [6, 6.07) is 6.11. The fourth-order valence-corrected chi connectivity index (χ4v) is 2.14. The number of likely N-dealkylation sites (N-methyl/N-ethyl adjacent to an activating group) is 1. The molecular weight excluding hydrogens is 262 g/mol. The van der Waals surface area contributed by atoms with Gasteiger partial charge in [-0.25, -0.2) is 0 Å². The highest BCUT2D eigenvalue weighted by Crippen LogP contribution is 2.28. The van der Waals surface area contributed by atoms with Crippen molar-refractivity contribution in [2.75, 3.05) is 51.0 Å². The molecule has 120 valence electrons. The SMILES string of the molecule is CCCOc1cc(N(CCN(C)C)CC(C)C)ccc1N. The summed E-state index contributed by atoms with van der Waals surface area (Å²) in [6.07, 6.45) is 0.986. The molecule has 4 nitrogen and oxygen atoms in total. The van der Waals surface area contributed by atoms with Crippen molar-refractivity contribution in [3.63, 3.8) is 0 Å². The lowest BCUT2D eigenvalue weighted by Gasteiger charge is -2.28. The monoisotopic (exact) mass is 293 g/mol. The van der Waals surface area contributed by atoms with Gasteiger partial charge in [0.25, 0.3) is 0 Å². The molecule has 4 heteroatoms. The zero-order valence-electron chi connectivity index (χ0n) is 14.2. The van der Waals surface area contributed by atoms with Crippen molar-refractivity contribution < 1.29 is 4.74 Å². The molecule has 0 unspecified atom stereocenters. The molecule has 0 spiro atoms. The van der Waals surface area contributed by atoms with Gasteiger partial charge in [-0.05, 0) is 38.6 Å². The van der Waals surface area contributed by atoms with Crippen LogP contribution in [0.15, 0.2) is 18.2 Å². The van der Waals surface area contributed by atoms with Crippen LogP contribution in [-0.4, -0.2) is 45.2 Å². The smallest absolute Gasteiger partial charge is 0.144 e. The van der Waals surface area contributed by atoms with E-state index in [1.807, 2.05) is 6.07 Å². The quantitative estimate of drug-likeness (QED) is 0.710. The Morgan fingerprint density at radius 2 is 1.90 bits per heavy atom. The number of benzene rings is 1. The molecule has 0 saturated carbocycles. The first-order valence-electron chi connectivity index (χ1n) is 7.86. The Hall–Kier alpha value is -1.42. The van der Waals surface area contributed by atoms with Crippen LogP contribution in [-0.2, 0) is 0 Å². The number of hydrogen-bond donors (Lipinski definition) is 1. The summed E-state index contributed by atoms with van der Waals surface area (Å²) < 4.78 is 5.75. The molecule has 2 N–H and O–H groups in total. The molecule has 0 aliphatic heterocycles. The van der Waals surface area contributed by atoms with Gasteiger partial charge in [-0.2, -0.15) is 0 Å². The number of hydrogen-bond acceptors (Lipinski definition) is 4. The molecule has 0 saturated heterocycles. The normalized spacial score (nSPS) is 11.2. The summed E-state index contributed by atoms with van der Waals surface area (Å²) in [6.45, 7) is 10.4. The minimum absolute atomic E-state index is 0.615. The van der Waals surface area contributed by atoms with Gasteiger partial charge >= 0.3 is 0 Å². The predicted octanol–water partition coefficient (Wildman–Crippen LogP) is 3.08. The van der Waals surface area contributed by atoms with Crippen molar-refractivity contribution >= 4 is 11.4 Å². The number of rotatable bonds is 9. The second kappa shape index (κ2) is 8.78. The first-order chi connectivity index (χ1) is 9.93. The van der Waals surface area contributed by atoms with E-state index >= 15 is 0 Å². The second-order valence-electron chi connectivity index (χ2n) is 6.21. The van der Waals surface area contributed by atoms with Gasteiger partial charge in [-0.3, -0.25) is 0 Å². The lowest BCUT2D eigenvalue weighted by Crippen LogP contribution is -2.34. The largest absolute Gasteiger partial charge is 0.491 e. The first-order valence-corrected chi connectivity index (χ1v) is 7.86. The minimum atomic E-state index is 0.615. The maximum atomic E-state index is 6.00. The number of ether oxygens (including phenoxy) is 1. The van der Waals surface area contributed by atoms with E-state index < -0.39 is 0 Å². The molecule has 0 aliphatic carbocycles. The Bertz CT molecular complexity index is 418. The van der Waals surface area contributed by atoms with E-state index in [4.69, 9.17) is 10.5 Å². The van der Waals surface area contributed by atoms with Crippen molar-refractivity contribution in [2.24, 2.45) is 5.92 Å². The first kappa shape index (κ1) is 17.6. The van der Waals surface area contributed by atoms with Gasteiger partial charge in [-0.15, -0.1) is 0 Å². The summed E-state index contributed by atoms with van der Waals surface area (Å²) in [5.74, 6) is 1.41. The molecule has 0 amide bonds. The fraction of sp³-hybridized carbons (Fsp3) is 0.647. The van der Waals surface area contributed by atoms with Crippen LogP contribution < -0.4 is 15.4 Å². The molecule has 0 atom stereocenters. The van der Waals surface area contributed by atoms with E-state index in [0.29, 0.717) is 18.2 Å². The number of nitrogens with zero attached hydrogens (tertiary/aromatic N) is 2. The van der Waals surface area contributed by atoms with E-state index in [2.05, 4.69) is 56.8 Å². The third-order valence-corrected chi connectivity index (χ3v) is 3.23. The molecule has 0 radical (unpaired) electrons. The van der Waals surface area contributed by atoms with Gasteiger partial charge in [0.05, 0.1) is 12.3 Å². The van der Waals surface area contributed by atoms with Crippen molar-refractivity contribution in [2.45, 2.75) is 27.2 Å². The van der Waals surface area contributed by atoms with Gasteiger partial charge in [-0.1, -0.05) is 20.8 Å². The minimum Gasteiger partial charge on any atom is -0.491 e. The number of anilines is 2. The maximum Gasteiger partial charge on any atom is 0.144 e. The summed E-state index contributed by atoms with van der Waals surface area (Å²) in [7, 11) is 4.21. The highest BCUT2D eigenvalue weighted by atomic mass is 16.5. The topological polar surface area (TPSA) is 41.7 Å². The standard InChI is InChI=1S/C17H31N3O/c1-6-11-21-17-12-15(7-8-16(17)18)20(13-14(2)3)10-9-19(4)5/h7-8,12,14H,6,9-11,13,18H2,1-5H3. The van der Waals surface area contributed by atoms with Crippen molar-refractivity contribution in [1.82, 2.24) is 4.90 Å². The van der Waals surface area contributed by atoms with Gasteiger partial charge in [0.1, 0.15) is 5.75 Å². The van der Waals surface area contributed by atoms with Crippen molar-refractivity contribution in [3.8, 4) is 5.75 Å². The Morgan fingerprint density at radius 1 is 1.19 bits per heavy atom. The molecule has 0 heterocycles. The van der Waals surface area contributed by atoms with Crippen molar-refractivity contribution in [3.05, 3.63) is 18.2 Å². The molecule has 21 heavy (non-hydrogen) atoms. The molecule has 0 aromatic heterocycles. The van der Waals surface area contributed by atoms with Crippen LogP contribution in [0.3, 0.4) is 0 Å². The fourth-order valence-electron chi connectivity index (χ4n) is 2.14. The van der Waals surface area contributed by atoms with E-state index in [1.165, 1.54) is 5.69 Å². The molecule has 1 aromatic rings. The Kier molecular flexibility index (Phi) is 7.37. The average molecular weight is 293 g/mol. The van der Waals surface area contributed by atoms with E-state index in [0.717, 1.165) is 31.8 Å². The van der Waals surface area contributed by atoms with Gasteiger partial charge in [0, 0.05) is 31.4 Å². The van der Waals surface area contributed by atoms with E-state index in [1.54, 1.807) is 0 Å². The van der Waals surface area contributed by atoms with Crippen LogP contribution in [0.4, 0.5) is 11.4 Å². The lowest BCUT2D eigenvalue weighted by molar-refractivity contribution is 0.319. The molecule has 1 rings (SSSR count). The van der Waals surface area contributed by atoms with Crippen molar-refractivity contribution in [1.29, 1.82) is 0 Å². The van der Waals surface area contributed by atoms with E-state index in [-0.39, 0.29) is 0 Å². The average Bonchev–Trinajstić information content (AvgIpc) is 2.42. The zero-order valence-corrected chi connectivity index (χ0v) is 14.2. The Balaban J connectivity index is 2.89. The van der Waals surface area contributed by atoms with Gasteiger partial charge in [0.15, 0.2) is 0 Å². The third-order valence-electron chi connectivity index (χ3n) is 3.23. The molecule has 0 fully saturated rings. The number of nitrogens with two attached hydrogens (primary N) is 1.